The third-order valence-electron chi connectivity index (χ3n) is 5.61. The van der Waals surface area contributed by atoms with Crippen LogP contribution in [0.15, 0.2) is 29.8 Å². The Balaban J connectivity index is 1.75. The SMILES string of the molecule is C/C=C1/CN2CCc3c([nH]c4ccc(O)cc34)[C@@H]2C[C@@H]1CCO. The van der Waals surface area contributed by atoms with Gasteiger partial charge in [0.05, 0.1) is 6.04 Å². The van der Waals surface area contributed by atoms with E-state index in [4.69, 9.17) is 0 Å². The Morgan fingerprint density at radius 3 is 3.04 bits per heavy atom. The van der Waals surface area contributed by atoms with Gasteiger partial charge in [-0.3, -0.25) is 4.90 Å². The number of nitrogens with one attached hydrogen (secondary N) is 1. The van der Waals surface area contributed by atoms with Gasteiger partial charge in [0.2, 0.25) is 0 Å². The monoisotopic (exact) mass is 312 g/mol. The Bertz CT molecular complexity index is 762. The van der Waals surface area contributed by atoms with E-state index in [1.54, 1.807) is 6.07 Å². The summed E-state index contributed by atoms with van der Waals surface area (Å²) in [5, 5.41) is 20.4. The highest BCUT2D eigenvalue weighted by atomic mass is 16.3. The number of rotatable bonds is 2. The molecule has 2 aromatic rings. The molecule has 0 unspecified atom stereocenters. The Kier molecular flexibility index (Phi) is 3.66. The highest BCUT2D eigenvalue weighted by Crippen LogP contribution is 2.43. The number of nitrogens with zero attached hydrogens (tertiary/aromatic N) is 1. The fourth-order valence-electron chi connectivity index (χ4n) is 4.43. The minimum absolute atomic E-state index is 0.252. The zero-order valence-corrected chi connectivity index (χ0v) is 13.5. The molecule has 4 nitrogen and oxygen atoms in total. The van der Waals surface area contributed by atoms with Gasteiger partial charge in [-0.15, -0.1) is 0 Å². The lowest BCUT2D eigenvalue weighted by Gasteiger charge is -2.43. The summed E-state index contributed by atoms with van der Waals surface area (Å²) in [6.07, 6.45) is 5.17. The van der Waals surface area contributed by atoms with Gasteiger partial charge >= 0.3 is 0 Å². The predicted molar refractivity (Wildman–Crippen MR) is 91.5 cm³/mol. The number of aromatic nitrogens is 1. The Hall–Kier alpha value is -1.78. The van der Waals surface area contributed by atoms with Crippen LogP contribution in [0.2, 0.25) is 0 Å². The average molecular weight is 312 g/mol. The van der Waals surface area contributed by atoms with E-state index in [1.807, 2.05) is 12.1 Å². The number of piperidine rings is 1. The van der Waals surface area contributed by atoms with Crippen molar-refractivity contribution in [3.05, 3.63) is 41.1 Å². The molecule has 0 amide bonds. The Labute approximate surface area is 136 Å². The number of aliphatic hydroxyl groups excluding tert-OH is 1. The minimum Gasteiger partial charge on any atom is -0.508 e. The fraction of sp³-hybridized carbons (Fsp3) is 0.474. The molecule has 1 aromatic carbocycles. The van der Waals surface area contributed by atoms with Crippen LogP contribution in [0.5, 0.6) is 5.75 Å². The van der Waals surface area contributed by atoms with Crippen molar-refractivity contribution in [2.75, 3.05) is 19.7 Å². The molecule has 2 aliphatic rings. The number of benzene rings is 1. The molecule has 0 aliphatic carbocycles. The van der Waals surface area contributed by atoms with Gasteiger partial charge in [0, 0.05) is 36.3 Å². The summed E-state index contributed by atoms with van der Waals surface area (Å²) in [5.74, 6) is 0.803. The first-order valence-corrected chi connectivity index (χ1v) is 8.54. The van der Waals surface area contributed by atoms with Crippen molar-refractivity contribution in [1.29, 1.82) is 0 Å². The molecule has 3 N–H and O–H groups in total. The Morgan fingerprint density at radius 2 is 2.26 bits per heavy atom. The van der Waals surface area contributed by atoms with Crippen LogP contribution >= 0.6 is 0 Å². The van der Waals surface area contributed by atoms with E-state index in [2.05, 4.69) is 22.9 Å². The molecule has 2 aliphatic heterocycles. The van der Waals surface area contributed by atoms with Crippen molar-refractivity contribution in [1.82, 2.24) is 9.88 Å². The molecule has 0 bridgehead atoms. The van der Waals surface area contributed by atoms with E-state index < -0.39 is 0 Å². The van der Waals surface area contributed by atoms with E-state index in [0.717, 1.165) is 43.3 Å². The zero-order chi connectivity index (χ0) is 16.0. The molecular weight excluding hydrogens is 288 g/mol. The number of aromatic amines is 1. The maximum atomic E-state index is 9.80. The normalized spacial score (nSPS) is 26.4. The summed E-state index contributed by atoms with van der Waals surface area (Å²) < 4.78 is 0. The first kappa shape index (κ1) is 14.8. The molecule has 4 heteroatoms. The van der Waals surface area contributed by atoms with Crippen LogP contribution in [0.25, 0.3) is 10.9 Å². The van der Waals surface area contributed by atoms with Gasteiger partial charge in [-0.25, -0.2) is 0 Å². The summed E-state index contributed by atoms with van der Waals surface area (Å²) in [6, 6.07) is 5.99. The number of allylic oxidation sites excluding steroid dienone is 1. The van der Waals surface area contributed by atoms with Crippen molar-refractivity contribution >= 4 is 10.9 Å². The third-order valence-corrected chi connectivity index (χ3v) is 5.61. The van der Waals surface area contributed by atoms with Crippen LogP contribution in [0.3, 0.4) is 0 Å². The van der Waals surface area contributed by atoms with Crippen LogP contribution in [-0.4, -0.2) is 39.8 Å². The Morgan fingerprint density at radius 1 is 1.39 bits per heavy atom. The van der Waals surface area contributed by atoms with Gasteiger partial charge in [0.25, 0.3) is 0 Å². The van der Waals surface area contributed by atoms with Crippen LogP contribution in [0.4, 0.5) is 0 Å². The minimum atomic E-state index is 0.252. The van der Waals surface area contributed by atoms with E-state index in [9.17, 15) is 10.2 Å². The highest BCUT2D eigenvalue weighted by molar-refractivity contribution is 5.86. The van der Waals surface area contributed by atoms with E-state index in [1.165, 1.54) is 16.8 Å². The molecule has 1 saturated heterocycles. The van der Waals surface area contributed by atoms with Crippen molar-refractivity contribution in [3.8, 4) is 5.75 Å². The van der Waals surface area contributed by atoms with Crippen LogP contribution in [-0.2, 0) is 6.42 Å². The van der Waals surface area contributed by atoms with E-state index in [0.29, 0.717) is 17.7 Å². The van der Waals surface area contributed by atoms with Crippen molar-refractivity contribution in [3.63, 3.8) is 0 Å². The van der Waals surface area contributed by atoms with Crippen LogP contribution in [0.1, 0.15) is 37.1 Å². The fourth-order valence-corrected chi connectivity index (χ4v) is 4.43. The first-order valence-electron chi connectivity index (χ1n) is 8.54. The zero-order valence-electron chi connectivity index (χ0n) is 13.5. The van der Waals surface area contributed by atoms with E-state index >= 15 is 0 Å². The van der Waals surface area contributed by atoms with Crippen LogP contribution < -0.4 is 0 Å². The van der Waals surface area contributed by atoms with Crippen molar-refractivity contribution in [2.24, 2.45) is 5.92 Å². The number of H-pyrrole nitrogens is 1. The third kappa shape index (κ3) is 2.37. The van der Waals surface area contributed by atoms with Gasteiger partial charge in [0.1, 0.15) is 5.75 Å². The molecule has 23 heavy (non-hydrogen) atoms. The average Bonchev–Trinajstić information content (AvgIpc) is 2.93. The summed E-state index contributed by atoms with van der Waals surface area (Å²) in [5.41, 5.74) is 5.26. The molecular formula is C19H24N2O2. The van der Waals surface area contributed by atoms with Gasteiger partial charge < -0.3 is 15.2 Å². The number of aromatic hydroxyl groups is 1. The maximum absolute atomic E-state index is 9.80. The quantitative estimate of drug-likeness (QED) is 0.747. The van der Waals surface area contributed by atoms with Gasteiger partial charge in [-0.1, -0.05) is 11.6 Å². The van der Waals surface area contributed by atoms with Crippen LogP contribution in [0, 0.1) is 5.92 Å². The number of hydrogen-bond acceptors (Lipinski definition) is 3. The second kappa shape index (κ2) is 5.69. The smallest absolute Gasteiger partial charge is 0.116 e. The molecule has 1 fully saturated rings. The number of phenolic OH excluding ortho intramolecular Hbond substituents is 1. The molecule has 1 aromatic heterocycles. The molecule has 4 rings (SSSR count). The maximum Gasteiger partial charge on any atom is 0.116 e. The summed E-state index contributed by atoms with van der Waals surface area (Å²) in [6.45, 7) is 4.43. The van der Waals surface area contributed by atoms with Gasteiger partial charge in [-0.2, -0.15) is 0 Å². The number of fused-ring (bicyclic) bond motifs is 5. The second-order valence-electron chi connectivity index (χ2n) is 6.79. The lowest BCUT2D eigenvalue weighted by atomic mass is 9.80. The van der Waals surface area contributed by atoms with Gasteiger partial charge in [-0.05, 0) is 55.9 Å². The summed E-state index contributed by atoms with van der Waals surface area (Å²) in [4.78, 5) is 6.16. The van der Waals surface area contributed by atoms with E-state index in [-0.39, 0.29) is 6.61 Å². The van der Waals surface area contributed by atoms with Crippen molar-refractivity contribution < 1.29 is 10.2 Å². The second-order valence-corrected chi connectivity index (χ2v) is 6.79. The largest absolute Gasteiger partial charge is 0.508 e. The van der Waals surface area contributed by atoms with Gasteiger partial charge in [0.15, 0.2) is 0 Å². The molecule has 0 radical (unpaired) electrons. The molecule has 0 spiro atoms. The highest BCUT2D eigenvalue weighted by Gasteiger charge is 2.37. The standard InChI is InChI=1S/C19H24N2O2/c1-2-12-11-21-7-5-15-16-10-14(23)3-4-17(16)20-19(15)18(21)9-13(12)6-8-22/h2-4,10,13,18,20,22-23H,5-9,11H2,1H3/b12-2-/t13-,18-/m0/s1. The number of hydrogen-bond donors (Lipinski definition) is 3. The number of aliphatic hydroxyl groups is 1. The molecule has 3 heterocycles. The van der Waals surface area contributed by atoms with Crippen molar-refractivity contribution in [2.45, 2.75) is 32.2 Å². The lowest BCUT2D eigenvalue weighted by Crippen LogP contribution is -2.42. The summed E-state index contributed by atoms with van der Waals surface area (Å²) in [7, 11) is 0. The molecule has 2 atom stereocenters. The summed E-state index contributed by atoms with van der Waals surface area (Å²) >= 11 is 0. The first-order chi connectivity index (χ1) is 11.2. The number of phenols is 1. The predicted octanol–water partition coefficient (Wildman–Crippen LogP) is 3.12. The topological polar surface area (TPSA) is 59.5 Å². The molecule has 122 valence electrons. The lowest BCUT2D eigenvalue weighted by molar-refractivity contribution is 0.126. The molecule has 0 saturated carbocycles.